The minimum absolute atomic E-state index is 0.0714. The van der Waals surface area contributed by atoms with Gasteiger partial charge in [-0.25, -0.2) is 0 Å². The number of ketones is 1. The molecular weight excluding hydrogens is 443 g/mol. The van der Waals surface area contributed by atoms with Gasteiger partial charge in [0.05, 0.1) is 0 Å². The Kier molecular flexibility index (Phi) is 6.65. The lowest BCUT2D eigenvalue weighted by atomic mass is 9.89. The summed E-state index contributed by atoms with van der Waals surface area (Å²) in [7, 11) is -0.655. The Hall–Kier alpha value is -2.24. The SMILES string of the molecule is Cc1cc(C)c(-c2cccc(-c3c(C)cc(C)cc3C)c2P2C(C)(C)CC(=O)CC2(C)C)c(C)c1. The Morgan fingerprint density at radius 2 is 0.971 bits per heavy atom. The first-order valence-corrected chi connectivity index (χ1v) is 14.2. The largest absolute Gasteiger partial charge is 0.300 e. The molecule has 35 heavy (non-hydrogen) atoms. The molecule has 3 aromatic rings. The lowest BCUT2D eigenvalue weighted by Gasteiger charge is -2.50. The monoisotopic (exact) mass is 484 g/mol. The Balaban J connectivity index is 2.16. The van der Waals surface area contributed by atoms with E-state index in [-0.39, 0.29) is 10.3 Å². The molecule has 0 spiro atoms. The second-order valence-electron chi connectivity index (χ2n) is 12.1. The number of hydrogen-bond acceptors (Lipinski definition) is 1. The molecule has 1 fully saturated rings. The zero-order valence-corrected chi connectivity index (χ0v) is 24.2. The van der Waals surface area contributed by atoms with E-state index in [1.165, 1.54) is 60.9 Å². The van der Waals surface area contributed by atoms with Crippen LogP contribution in [0, 0.1) is 41.5 Å². The molecule has 184 valence electrons. The molecule has 2 heteroatoms. The maximum absolute atomic E-state index is 12.9. The van der Waals surface area contributed by atoms with E-state index in [9.17, 15) is 4.79 Å². The second kappa shape index (κ2) is 9.01. The molecule has 1 nitrogen and oxygen atoms in total. The minimum Gasteiger partial charge on any atom is -0.300 e. The number of hydrogen-bond donors (Lipinski definition) is 0. The van der Waals surface area contributed by atoms with Gasteiger partial charge < -0.3 is 0 Å². The molecule has 4 rings (SSSR count). The summed E-state index contributed by atoms with van der Waals surface area (Å²) in [6.45, 7) is 22.7. The van der Waals surface area contributed by atoms with Crippen molar-refractivity contribution in [2.75, 3.05) is 0 Å². The van der Waals surface area contributed by atoms with Gasteiger partial charge in [-0.3, -0.25) is 4.79 Å². The van der Waals surface area contributed by atoms with Gasteiger partial charge in [0.1, 0.15) is 5.78 Å². The summed E-state index contributed by atoms with van der Waals surface area (Å²) in [6, 6.07) is 16.2. The molecule has 0 aliphatic carbocycles. The van der Waals surface area contributed by atoms with Crippen molar-refractivity contribution in [1.29, 1.82) is 0 Å². The van der Waals surface area contributed by atoms with E-state index in [0.717, 1.165) is 0 Å². The van der Waals surface area contributed by atoms with Crippen LogP contribution >= 0.6 is 7.92 Å². The third-order valence-corrected chi connectivity index (χ3v) is 11.3. The van der Waals surface area contributed by atoms with Crippen molar-refractivity contribution in [3.05, 3.63) is 75.8 Å². The highest BCUT2D eigenvalue weighted by Gasteiger charge is 2.49. The fourth-order valence-corrected chi connectivity index (χ4v) is 11.4. The van der Waals surface area contributed by atoms with Gasteiger partial charge in [0.15, 0.2) is 0 Å². The standard InChI is InChI=1S/C33H41OP/c1-20-14-22(3)29(23(4)15-20)27-12-11-13-28(30-24(5)16-21(2)17-25(30)6)31(27)35-32(7,8)18-26(34)19-33(35,9)10/h11-17H,18-19H2,1-10H3. The highest BCUT2D eigenvalue weighted by molar-refractivity contribution is 7.69. The van der Waals surface area contributed by atoms with Crippen molar-refractivity contribution in [3.63, 3.8) is 0 Å². The number of aryl methyl sites for hydroxylation is 6. The summed E-state index contributed by atoms with van der Waals surface area (Å²) >= 11 is 0. The molecular formula is C33H41OP. The zero-order chi connectivity index (χ0) is 25.9. The number of carbonyl (C=O) groups is 1. The first kappa shape index (κ1) is 25.8. The molecule has 0 aromatic heterocycles. The topological polar surface area (TPSA) is 17.1 Å². The summed E-state index contributed by atoms with van der Waals surface area (Å²) in [5.41, 5.74) is 13.4. The van der Waals surface area contributed by atoms with Crippen LogP contribution in [-0.2, 0) is 4.79 Å². The molecule has 0 unspecified atom stereocenters. The summed E-state index contributed by atoms with van der Waals surface area (Å²) < 4.78 is 0. The van der Waals surface area contributed by atoms with E-state index < -0.39 is 7.92 Å². The Morgan fingerprint density at radius 1 is 0.629 bits per heavy atom. The average Bonchev–Trinajstić information content (AvgIpc) is 2.66. The average molecular weight is 485 g/mol. The van der Waals surface area contributed by atoms with Crippen LogP contribution in [-0.4, -0.2) is 16.1 Å². The van der Waals surface area contributed by atoms with Crippen LogP contribution in [0.1, 0.15) is 73.9 Å². The second-order valence-corrected chi connectivity index (χ2v) is 15.6. The maximum atomic E-state index is 12.9. The third-order valence-electron chi connectivity index (χ3n) is 7.62. The molecule has 0 atom stereocenters. The lowest BCUT2D eigenvalue weighted by Crippen LogP contribution is -2.44. The van der Waals surface area contributed by atoms with Crippen molar-refractivity contribution in [2.24, 2.45) is 0 Å². The Morgan fingerprint density at radius 3 is 1.31 bits per heavy atom. The van der Waals surface area contributed by atoms with E-state index >= 15 is 0 Å². The number of Topliss-reactive ketones (excluding diaryl/α,β-unsaturated/α-hetero) is 1. The normalized spacial score (nSPS) is 17.6. The van der Waals surface area contributed by atoms with Crippen LogP contribution in [0.4, 0.5) is 0 Å². The van der Waals surface area contributed by atoms with Crippen LogP contribution < -0.4 is 5.30 Å². The van der Waals surface area contributed by atoms with Gasteiger partial charge in [0, 0.05) is 12.8 Å². The first-order valence-electron chi connectivity index (χ1n) is 12.8. The minimum atomic E-state index is -0.655. The van der Waals surface area contributed by atoms with Gasteiger partial charge in [0.25, 0.3) is 0 Å². The van der Waals surface area contributed by atoms with Gasteiger partial charge >= 0.3 is 0 Å². The van der Waals surface area contributed by atoms with Crippen LogP contribution in [0.25, 0.3) is 22.3 Å². The van der Waals surface area contributed by atoms with Crippen molar-refractivity contribution in [2.45, 2.75) is 92.4 Å². The lowest BCUT2D eigenvalue weighted by molar-refractivity contribution is -0.120. The molecule has 3 aromatic carbocycles. The third kappa shape index (κ3) is 4.65. The first-order chi connectivity index (χ1) is 16.2. The van der Waals surface area contributed by atoms with Crippen molar-refractivity contribution in [3.8, 4) is 22.3 Å². The number of carbonyl (C=O) groups excluding carboxylic acids is 1. The number of benzene rings is 3. The highest BCUT2D eigenvalue weighted by Crippen LogP contribution is 2.66. The smallest absolute Gasteiger partial charge is 0.134 e. The molecule has 0 N–H and O–H groups in total. The zero-order valence-electron chi connectivity index (χ0n) is 23.3. The fraction of sp³-hybridized carbons (Fsp3) is 0.424. The molecule has 1 saturated heterocycles. The molecule has 0 saturated carbocycles. The van der Waals surface area contributed by atoms with Crippen LogP contribution in [0.15, 0.2) is 42.5 Å². The van der Waals surface area contributed by atoms with Crippen LogP contribution in [0.5, 0.6) is 0 Å². The fourth-order valence-electron chi connectivity index (χ4n) is 7.01. The van der Waals surface area contributed by atoms with E-state index in [0.29, 0.717) is 18.6 Å². The van der Waals surface area contributed by atoms with Crippen molar-refractivity contribution >= 4 is 19.0 Å². The van der Waals surface area contributed by atoms with Gasteiger partial charge in [0.2, 0.25) is 0 Å². The Labute approximate surface area is 214 Å². The van der Waals surface area contributed by atoms with E-state index in [4.69, 9.17) is 0 Å². The Bertz CT molecular complexity index is 1180. The summed E-state index contributed by atoms with van der Waals surface area (Å²) in [5, 5.41) is 1.34. The van der Waals surface area contributed by atoms with Gasteiger partial charge in [-0.1, -0.05) is 89.2 Å². The molecule has 1 aliphatic rings. The number of rotatable bonds is 3. The molecule has 0 radical (unpaired) electrons. The highest BCUT2D eigenvalue weighted by atomic mass is 31.1. The van der Waals surface area contributed by atoms with E-state index in [1.54, 1.807) is 0 Å². The summed E-state index contributed by atoms with van der Waals surface area (Å²) in [4.78, 5) is 12.9. The molecule has 0 amide bonds. The van der Waals surface area contributed by atoms with Crippen molar-refractivity contribution in [1.82, 2.24) is 0 Å². The quantitative estimate of drug-likeness (QED) is 0.339. The molecule has 1 aliphatic heterocycles. The predicted molar refractivity (Wildman–Crippen MR) is 155 cm³/mol. The molecule has 0 bridgehead atoms. The summed E-state index contributed by atoms with van der Waals surface area (Å²) in [5.74, 6) is 0.406. The predicted octanol–water partition coefficient (Wildman–Crippen LogP) is 8.90. The van der Waals surface area contributed by atoms with E-state index in [1.807, 2.05) is 0 Å². The van der Waals surface area contributed by atoms with Crippen LogP contribution in [0.3, 0.4) is 0 Å². The van der Waals surface area contributed by atoms with Gasteiger partial charge in [-0.15, -0.1) is 0 Å². The van der Waals surface area contributed by atoms with Gasteiger partial charge in [-0.05, 0) is 102 Å². The van der Waals surface area contributed by atoms with E-state index in [2.05, 4.69) is 112 Å². The maximum Gasteiger partial charge on any atom is 0.134 e. The molecule has 1 heterocycles. The van der Waals surface area contributed by atoms with Crippen LogP contribution in [0.2, 0.25) is 0 Å². The van der Waals surface area contributed by atoms with Gasteiger partial charge in [-0.2, -0.15) is 0 Å². The summed E-state index contributed by atoms with van der Waals surface area (Å²) in [6.07, 6.45) is 1.32. The van der Waals surface area contributed by atoms with Crippen molar-refractivity contribution < 1.29 is 4.79 Å².